The number of aliphatic hydroxyl groups excluding tert-OH is 1. The topological polar surface area (TPSA) is 57.2 Å². The first-order chi connectivity index (χ1) is 12.7. The second kappa shape index (κ2) is 9.23. The van der Waals surface area contributed by atoms with Crippen LogP contribution >= 0.6 is 34.6 Å². The Labute approximate surface area is 166 Å². The highest BCUT2D eigenvalue weighted by Crippen LogP contribution is 2.38. The fourth-order valence-corrected chi connectivity index (χ4v) is 4.65. The summed E-state index contributed by atoms with van der Waals surface area (Å²) in [7, 11) is 0. The Morgan fingerprint density at radius 2 is 2.12 bits per heavy atom. The molecule has 0 bridgehead atoms. The number of benzene rings is 1. The van der Waals surface area contributed by atoms with E-state index in [1.807, 2.05) is 11.6 Å². The van der Waals surface area contributed by atoms with E-state index in [4.69, 9.17) is 5.11 Å². The Kier molecular flexibility index (Phi) is 6.73. The summed E-state index contributed by atoms with van der Waals surface area (Å²) in [6.45, 7) is 4.89. The lowest BCUT2D eigenvalue weighted by molar-refractivity contribution is 0.318. The summed E-state index contributed by atoms with van der Waals surface area (Å²) in [6, 6.07) is 8.50. The highest BCUT2D eigenvalue weighted by molar-refractivity contribution is 8.02. The molecule has 136 valence electrons. The van der Waals surface area contributed by atoms with Crippen LogP contribution in [0.3, 0.4) is 0 Å². The molecule has 0 unspecified atom stereocenters. The van der Waals surface area contributed by atoms with Gasteiger partial charge >= 0.3 is 0 Å². The molecule has 26 heavy (non-hydrogen) atoms. The van der Waals surface area contributed by atoms with E-state index in [1.165, 1.54) is 26.6 Å². The maximum Gasteiger partial charge on any atom is 0.121 e. The van der Waals surface area contributed by atoms with Crippen LogP contribution in [-0.4, -0.2) is 23.2 Å². The number of anilines is 2. The molecule has 4 nitrogen and oxygen atoms in total. The minimum Gasteiger partial charge on any atom is -0.397 e. The molecule has 4 rings (SSSR count). The molecule has 0 amide bonds. The predicted molar refractivity (Wildman–Crippen MR) is 116 cm³/mol. The molecule has 3 aromatic rings. The van der Waals surface area contributed by atoms with Crippen LogP contribution in [0, 0.1) is 6.92 Å². The lowest BCUT2D eigenvalue weighted by Crippen LogP contribution is -2.12. The van der Waals surface area contributed by atoms with Crippen LogP contribution in [0.2, 0.25) is 0 Å². The van der Waals surface area contributed by atoms with Gasteiger partial charge in [-0.15, -0.1) is 22.7 Å². The fraction of sp³-hybridized carbons (Fsp3) is 0.211. The van der Waals surface area contributed by atoms with Gasteiger partial charge in [-0.2, -0.15) is 0 Å². The quantitative estimate of drug-likeness (QED) is 0.495. The highest BCUT2D eigenvalue weighted by Gasteiger charge is 2.17. The molecule has 0 fully saturated rings. The van der Waals surface area contributed by atoms with Crippen molar-refractivity contribution in [2.24, 2.45) is 0 Å². The van der Waals surface area contributed by atoms with Crippen LogP contribution in [0.15, 0.2) is 45.4 Å². The zero-order chi connectivity index (χ0) is 18.4. The standard InChI is InChI=1S/C17H15N3S3.C2H6O/c1-11-4-5-14(20-23-15-3-2-7-21-15)16-13(11)9-12(10-19-16)17-18-6-8-22-17;1-2-3/h2-9,19-20H,10H2,1H3;3H,2H2,1H3. The lowest BCUT2D eigenvalue weighted by Gasteiger charge is -2.22. The van der Waals surface area contributed by atoms with Gasteiger partial charge in [0, 0.05) is 35.9 Å². The number of aryl methyl sites for hydroxylation is 1. The Hall–Kier alpha value is -1.80. The van der Waals surface area contributed by atoms with Gasteiger partial charge in [-0.25, -0.2) is 4.98 Å². The molecular formula is C19H21N3OS3. The third kappa shape index (κ3) is 4.48. The van der Waals surface area contributed by atoms with Crippen molar-refractivity contribution in [1.82, 2.24) is 4.98 Å². The summed E-state index contributed by atoms with van der Waals surface area (Å²) in [5.74, 6) is 0. The van der Waals surface area contributed by atoms with Crippen molar-refractivity contribution in [1.29, 1.82) is 0 Å². The van der Waals surface area contributed by atoms with Crippen LogP contribution in [0.5, 0.6) is 0 Å². The van der Waals surface area contributed by atoms with Crippen molar-refractivity contribution >= 4 is 57.6 Å². The van der Waals surface area contributed by atoms with E-state index in [1.54, 1.807) is 41.5 Å². The van der Waals surface area contributed by atoms with Crippen LogP contribution in [-0.2, 0) is 0 Å². The number of thiophene rings is 1. The van der Waals surface area contributed by atoms with Crippen molar-refractivity contribution < 1.29 is 5.11 Å². The summed E-state index contributed by atoms with van der Waals surface area (Å²) < 4.78 is 4.73. The van der Waals surface area contributed by atoms with Crippen LogP contribution in [0.4, 0.5) is 11.4 Å². The summed E-state index contributed by atoms with van der Waals surface area (Å²) in [4.78, 5) is 4.43. The number of rotatable bonds is 4. The van der Waals surface area contributed by atoms with E-state index in [2.05, 4.69) is 57.7 Å². The smallest absolute Gasteiger partial charge is 0.121 e. The Bertz CT molecular complexity index is 859. The van der Waals surface area contributed by atoms with Crippen LogP contribution < -0.4 is 10.0 Å². The number of thiazole rings is 1. The Morgan fingerprint density at radius 1 is 1.27 bits per heavy atom. The predicted octanol–water partition coefficient (Wildman–Crippen LogP) is 5.60. The molecule has 1 aliphatic heterocycles. The van der Waals surface area contributed by atoms with E-state index >= 15 is 0 Å². The number of nitrogens with one attached hydrogen (secondary N) is 2. The molecule has 7 heteroatoms. The van der Waals surface area contributed by atoms with Crippen LogP contribution in [0.25, 0.3) is 11.6 Å². The summed E-state index contributed by atoms with van der Waals surface area (Å²) in [5.41, 5.74) is 6.07. The van der Waals surface area contributed by atoms with Gasteiger partial charge in [-0.3, -0.25) is 0 Å². The average molecular weight is 404 g/mol. The van der Waals surface area contributed by atoms with E-state index < -0.39 is 0 Å². The molecule has 3 heterocycles. The Balaban J connectivity index is 0.000000613. The molecule has 0 spiro atoms. The highest BCUT2D eigenvalue weighted by atomic mass is 32.2. The van der Waals surface area contributed by atoms with E-state index in [0.29, 0.717) is 0 Å². The molecule has 3 N–H and O–H groups in total. The monoisotopic (exact) mass is 403 g/mol. The van der Waals surface area contributed by atoms with Gasteiger partial charge in [0.05, 0.1) is 15.6 Å². The van der Waals surface area contributed by atoms with Crippen molar-refractivity contribution in [2.45, 2.75) is 18.1 Å². The van der Waals surface area contributed by atoms with Gasteiger partial charge in [0.2, 0.25) is 0 Å². The first-order valence-corrected chi connectivity index (χ1v) is 10.9. The SMILES string of the molecule is CCO.Cc1ccc(NSc2cccs2)c2c1C=C(c1nccs1)CN2. The zero-order valence-corrected chi connectivity index (χ0v) is 17.1. The van der Waals surface area contributed by atoms with Crippen molar-refractivity contribution in [3.8, 4) is 0 Å². The summed E-state index contributed by atoms with van der Waals surface area (Å²) in [5, 5.41) is 16.3. The van der Waals surface area contributed by atoms with Gasteiger partial charge < -0.3 is 15.1 Å². The van der Waals surface area contributed by atoms with Crippen molar-refractivity contribution in [3.05, 3.63) is 57.4 Å². The second-order valence-electron chi connectivity index (χ2n) is 5.53. The van der Waals surface area contributed by atoms with E-state index in [-0.39, 0.29) is 6.61 Å². The maximum atomic E-state index is 7.57. The van der Waals surface area contributed by atoms with Crippen LogP contribution in [0.1, 0.15) is 23.1 Å². The molecule has 0 saturated carbocycles. The third-order valence-corrected chi connectivity index (χ3v) is 6.41. The minimum atomic E-state index is 0.250. The molecule has 0 radical (unpaired) electrons. The fourth-order valence-electron chi connectivity index (χ4n) is 2.54. The first kappa shape index (κ1) is 19.0. The van der Waals surface area contributed by atoms with E-state index in [0.717, 1.165) is 17.2 Å². The lowest BCUT2D eigenvalue weighted by atomic mass is 9.99. The number of nitrogens with zero attached hydrogens (tertiary/aromatic N) is 1. The first-order valence-electron chi connectivity index (χ1n) is 8.28. The number of aromatic nitrogens is 1. The zero-order valence-electron chi connectivity index (χ0n) is 14.7. The molecule has 0 aliphatic carbocycles. The second-order valence-corrected chi connectivity index (χ2v) is 8.48. The largest absolute Gasteiger partial charge is 0.397 e. The van der Waals surface area contributed by atoms with Gasteiger partial charge in [-0.1, -0.05) is 12.1 Å². The molecule has 0 saturated heterocycles. The third-order valence-electron chi connectivity index (χ3n) is 3.70. The number of fused-ring (bicyclic) bond motifs is 1. The summed E-state index contributed by atoms with van der Waals surface area (Å²) >= 11 is 5.08. The molecular weight excluding hydrogens is 382 g/mol. The van der Waals surface area contributed by atoms with Gasteiger partial charge in [-0.05, 0) is 54.9 Å². The minimum absolute atomic E-state index is 0.250. The van der Waals surface area contributed by atoms with Gasteiger partial charge in [0.15, 0.2) is 0 Å². The van der Waals surface area contributed by atoms with E-state index in [9.17, 15) is 0 Å². The number of hydrogen-bond acceptors (Lipinski definition) is 7. The molecule has 1 aliphatic rings. The average Bonchev–Trinajstić information content (AvgIpc) is 3.36. The number of hydrogen-bond donors (Lipinski definition) is 3. The maximum absolute atomic E-state index is 7.57. The van der Waals surface area contributed by atoms with Gasteiger partial charge in [0.1, 0.15) is 5.01 Å². The van der Waals surface area contributed by atoms with Crippen molar-refractivity contribution in [2.75, 3.05) is 23.2 Å². The van der Waals surface area contributed by atoms with Gasteiger partial charge in [0.25, 0.3) is 0 Å². The molecule has 2 aromatic heterocycles. The molecule has 1 aromatic carbocycles. The number of aliphatic hydroxyl groups is 1. The summed E-state index contributed by atoms with van der Waals surface area (Å²) in [6.07, 6.45) is 4.12. The van der Waals surface area contributed by atoms with Crippen molar-refractivity contribution in [3.63, 3.8) is 0 Å². The molecule has 0 atom stereocenters. The normalized spacial score (nSPS) is 12.3. The Morgan fingerprint density at radius 3 is 2.81 bits per heavy atom.